The largest absolute Gasteiger partial charge is 0.458 e. The molecular formula is C21H14F4N2O3. The molecule has 0 spiro atoms. The monoisotopic (exact) mass is 418 g/mol. The number of alkyl halides is 3. The van der Waals surface area contributed by atoms with E-state index < -0.39 is 24.2 Å². The Morgan fingerprint density at radius 2 is 1.67 bits per heavy atom. The number of hydrogen-bond donors (Lipinski definition) is 1. The third-order valence-electron chi connectivity index (χ3n) is 4.50. The summed E-state index contributed by atoms with van der Waals surface area (Å²) in [7, 11) is 0. The maximum atomic E-state index is 13.9. The van der Waals surface area contributed by atoms with Gasteiger partial charge >= 0.3 is 12.0 Å². The zero-order chi connectivity index (χ0) is 21.4. The first-order chi connectivity index (χ1) is 14.3. The van der Waals surface area contributed by atoms with Crippen molar-refractivity contribution in [3.05, 3.63) is 78.2 Å². The molecule has 5 nitrogen and oxygen atoms in total. The van der Waals surface area contributed by atoms with Crippen molar-refractivity contribution >= 4 is 5.71 Å². The molecule has 1 aliphatic heterocycles. The number of benzene rings is 2. The Morgan fingerprint density at radius 3 is 2.33 bits per heavy atom. The number of hydrogen-bond acceptors (Lipinski definition) is 5. The summed E-state index contributed by atoms with van der Waals surface area (Å²) in [6, 6.07) is 15.6. The van der Waals surface area contributed by atoms with Crippen LogP contribution in [0, 0.1) is 5.82 Å². The van der Waals surface area contributed by atoms with Gasteiger partial charge in [0.15, 0.2) is 11.6 Å². The summed E-state index contributed by atoms with van der Waals surface area (Å²) in [4.78, 5) is 8.38. The average Bonchev–Trinajstić information content (AvgIpc) is 3.14. The first-order valence-electron chi connectivity index (χ1n) is 8.79. The molecule has 154 valence electrons. The van der Waals surface area contributed by atoms with E-state index in [2.05, 4.69) is 15.0 Å². The zero-order valence-electron chi connectivity index (χ0n) is 15.2. The summed E-state index contributed by atoms with van der Waals surface area (Å²) in [5.41, 5.74) is 1.53. The number of nitrogens with zero attached hydrogens (tertiary/aromatic N) is 2. The lowest BCUT2D eigenvalue weighted by molar-refractivity contribution is -0.355. The molecule has 1 atom stereocenters. The van der Waals surface area contributed by atoms with Crippen molar-refractivity contribution in [3.63, 3.8) is 0 Å². The topological polar surface area (TPSA) is 63.9 Å². The summed E-state index contributed by atoms with van der Waals surface area (Å²) in [5, 5.41) is 13.0. The van der Waals surface area contributed by atoms with E-state index in [1.165, 1.54) is 24.4 Å². The van der Waals surface area contributed by atoms with E-state index in [0.717, 1.165) is 0 Å². The fourth-order valence-electron chi connectivity index (χ4n) is 2.89. The minimum Gasteiger partial charge on any atom is -0.435 e. The molecule has 30 heavy (non-hydrogen) atoms. The van der Waals surface area contributed by atoms with Gasteiger partial charge in [0.1, 0.15) is 0 Å². The number of pyridine rings is 1. The molecule has 1 aromatic heterocycles. The van der Waals surface area contributed by atoms with Gasteiger partial charge < -0.3 is 14.7 Å². The van der Waals surface area contributed by atoms with Gasteiger partial charge in [0.25, 0.3) is 0 Å². The van der Waals surface area contributed by atoms with Gasteiger partial charge in [-0.15, -0.1) is 0 Å². The Bertz CT molecular complexity index is 1100. The van der Waals surface area contributed by atoms with E-state index in [9.17, 15) is 22.7 Å². The third-order valence-corrected chi connectivity index (χ3v) is 4.50. The normalized spacial score (nSPS) is 18.6. The van der Waals surface area contributed by atoms with Gasteiger partial charge in [-0.1, -0.05) is 41.6 Å². The molecule has 0 saturated heterocycles. The fourth-order valence-corrected chi connectivity index (χ4v) is 2.89. The SMILES string of the molecule is OC1(C(F)(F)F)CC(c2ccc(-c3cccnc3Oc3ccccc3F)cc2)=NO1. The molecule has 3 aromatic rings. The van der Waals surface area contributed by atoms with Gasteiger partial charge in [-0.3, -0.25) is 0 Å². The lowest BCUT2D eigenvalue weighted by Crippen LogP contribution is -2.45. The Kier molecular flexibility index (Phi) is 4.90. The van der Waals surface area contributed by atoms with Crippen molar-refractivity contribution in [2.24, 2.45) is 5.16 Å². The van der Waals surface area contributed by atoms with Crippen LogP contribution in [0.5, 0.6) is 11.6 Å². The molecule has 4 rings (SSSR count). The molecule has 0 bridgehead atoms. The van der Waals surface area contributed by atoms with E-state index in [0.29, 0.717) is 16.7 Å². The molecular weight excluding hydrogens is 404 g/mol. The van der Waals surface area contributed by atoms with Crippen molar-refractivity contribution in [2.45, 2.75) is 18.4 Å². The number of ether oxygens (including phenoxy) is 1. The highest BCUT2D eigenvalue weighted by atomic mass is 19.4. The second-order valence-electron chi connectivity index (χ2n) is 6.55. The van der Waals surface area contributed by atoms with Crippen LogP contribution in [0.1, 0.15) is 12.0 Å². The molecule has 1 unspecified atom stereocenters. The number of para-hydroxylation sites is 1. The highest BCUT2D eigenvalue weighted by Gasteiger charge is 2.60. The fraction of sp³-hybridized carbons (Fsp3) is 0.143. The van der Waals surface area contributed by atoms with Crippen molar-refractivity contribution in [2.75, 3.05) is 0 Å². The maximum Gasteiger partial charge on any atom is 0.458 e. The lowest BCUT2D eigenvalue weighted by Gasteiger charge is -2.22. The molecule has 0 aliphatic carbocycles. The highest BCUT2D eigenvalue weighted by Crippen LogP contribution is 2.39. The molecule has 0 amide bonds. The molecule has 9 heteroatoms. The molecule has 0 fully saturated rings. The molecule has 1 aliphatic rings. The third kappa shape index (κ3) is 3.71. The Hall–Kier alpha value is -3.46. The Labute approximate surface area is 168 Å². The van der Waals surface area contributed by atoms with Gasteiger partial charge in [0.05, 0.1) is 12.1 Å². The van der Waals surface area contributed by atoms with E-state index in [1.807, 2.05) is 0 Å². The van der Waals surface area contributed by atoms with Crippen LogP contribution in [-0.4, -0.2) is 27.8 Å². The lowest BCUT2D eigenvalue weighted by atomic mass is 9.99. The van der Waals surface area contributed by atoms with Crippen molar-refractivity contribution in [1.82, 2.24) is 4.98 Å². The van der Waals surface area contributed by atoms with Crippen LogP contribution in [0.3, 0.4) is 0 Å². The smallest absolute Gasteiger partial charge is 0.435 e. The zero-order valence-corrected chi connectivity index (χ0v) is 15.2. The second-order valence-corrected chi connectivity index (χ2v) is 6.55. The summed E-state index contributed by atoms with van der Waals surface area (Å²) in [5.74, 6) is -3.69. The standard InChI is InChI=1S/C21H14F4N2O3/c22-16-5-1-2-6-18(16)29-19-15(4-3-11-26-19)13-7-9-14(10-8-13)17-12-20(28,30-27-17)21(23,24)25/h1-11,28H,12H2. The summed E-state index contributed by atoms with van der Waals surface area (Å²) in [6.45, 7) is 0. The van der Waals surface area contributed by atoms with Gasteiger partial charge in [-0.25, -0.2) is 9.37 Å². The number of halogens is 4. The van der Waals surface area contributed by atoms with Gasteiger partial charge in [-0.05, 0) is 35.4 Å². The first-order valence-corrected chi connectivity index (χ1v) is 8.79. The molecule has 0 saturated carbocycles. The average molecular weight is 418 g/mol. The first kappa shape index (κ1) is 19.8. The maximum absolute atomic E-state index is 13.9. The van der Waals surface area contributed by atoms with Crippen LogP contribution < -0.4 is 4.74 Å². The predicted molar refractivity (Wildman–Crippen MR) is 99.4 cm³/mol. The number of aliphatic hydroxyl groups is 1. The number of aromatic nitrogens is 1. The molecule has 2 aromatic carbocycles. The van der Waals surface area contributed by atoms with E-state index in [-0.39, 0.29) is 17.3 Å². The van der Waals surface area contributed by atoms with E-state index >= 15 is 0 Å². The van der Waals surface area contributed by atoms with E-state index in [1.54, 1.807) is 42.5 Å². The van der Waals surface area contributed by atoms with Crippen molar-refractivity contribution in [3.8, 4) is 22.8 Å². The molecule has 2 heterocycles. The Morgan fingerprint density at radius 1 is 0.967 bits per heavy atom. The van der Waals surface area contributed by atoms with Crippen molar-refractivity contribution < 1.29 is 32.2 Å². The molecule has 0 radical (unpaired) electrons. The van der Waals surface area contributed by atoms with Crippen LogP contribution in [0.2, 0.25) is 0 Å². The highest BCUT2D eigenvalue weighted by molar-refractivity contribution is 6.01. The van der Waals surface area contributed by atoms with Crippen LogP contribution >= 0.6 is 0 Å². The van der Waals surface area contributed by atoms with Gasteiger partial charge in [-0.2, -0.15) is 13.2 Å². The van der Waals surface area contributed by atoms with E-state index in [4.69, 9.17) is 4.74 Å². The quantitative estimate of drug-likeness (QED) is 0.602. The molecule has 1 N–H and O–H groups in total. The number of rotatable bonds is 4. The minimum absolute atomic E-state index is 0.0120. The van der Waals surface area contributed by atoms with Crippen LogP contribution in [-0.2, 0) is 4.84 Å². The van der Waals surface area contributed by atoms with Crippen LogP contribution in [0.25, 0.3) is 11.1 Å². The number of oxime groups is 1. The minimum atomic E-state index is -4.97. The Balaban J connectivity index is 1.58. The van der Waals surface area contributed by atoms with Crippen LogP contribution in [0.15, 0.2) is 72.0 Å². The van der Waals surface area contributed by atoms with Gasteiger partial charge in [0, 0.05) is 11.8 Å². The summed E-state index contributed by atoms with van der Waals surface area (Å²) in [6.07, 6.45) is -4.28. The van der Waals surface area contributed by atoms with Crippen molar-refractivity contribution in [1.29, 1.82) is 0 Å². The van der Waals surface area contributed by atoms with Crippen LogP contribution in [0.4, 0.5) is 17.6 Å². The summed E-state index contributed by atoms with van der Waals surface area (Å²) < 4.78 is 58.1. The second kappa shape index (κ2) is 7.42. The van der Waals surface area contributed by atoms with Gasteiger partial charge in [0.2, 0.25) is 5.88 Å². The summed E-state index contributed by atoms with van der Waals surface area (Å²) >= 11 is 0. The predicted octanol–water partition coefficient (Wildman–Crippen LogP) is 5.06.